The predicted octanol–water partition coefficient (Wildman–Crippen LogP) is 4.28. The number of hydrogen-bond acceptors (Lipinski definition) is 7. The van der Waals surface area contributed by atoms with Crippen LogP contribution >= 0.6 is 11.6 Å². The number of ether oxygens (including phenoxy) is 2. The molecule has 9 nitrogen and oxygen atoms in total. The standard InChI is InChI=1S/C20H20ClN3O4.C2HF3O2/c21-15-3-7-18(8-4-15)27-19-23-24(20(25)28-19)16-5-9-17(10-6-16)26-13-14-2-1-11-22-12-14;3-2(4,5)1(6)7/h3-10,14,22H,1-2,11-13H2;(H,6,7). The molecule has 1 fully saturated rings. The van der Waals surface area contributed by atoms with Crippen LogP contribution in [-0.4, -0.2) is 46.7 Å². The predicted molar refractivity (Wildman–Crippen MR) is 118 cm³/mol. The van der Waals surface area contributed by atoms with Crippen LogP contribution < -0.4 is 20.5 Å². The van der Waals surface area contributed by atoms with E-state index in [1.165, 1.54) is 12.8 Å². The molecular weight excluding hydrogens is 495 g/mol. The summed E-state index contributed by atoms with van der Waals surface area (Å²) in [6.45, 7) is 2.75. The van der Waals surface area contributed by atoms with E-state index in [1.54, 1.807) is 36.4 Å². The van der Waals surface area contributed by atoms with Crippen molar-refractivity contribution in [2.45, 2.75) is 19.0 Å². The van der Waals surface area contributed by atoms with E-state index >= 15 is 0 Å². The van der Waals surface area contributed by atoms with Crippen LogP contribution in [0.2, 0.25) is 5.02 Å². The van der Waals surface area contributed by atoms with Gasteiger partial charge in [0.1, 0.15) is 11.5 Å². The van der Waals surface area contributed by atoms with Gasteiger partial charge in [0.15, 0.2) is 0 Å². The number of aliphatic carboxylic acids is 1. The number of piperidine rings is 1. The molecule has 188 valence electrons. The van der Waals surface area contributed by atoms with E-state index in [9.17, 15) is 18.0 Å². The van der Waals surface area contributed by atoms with Gasteiger partial charge in [0.05, 0.1) is 12.3 Å². The van der Waals surface area contributed by atoms with Crippen LogP contribution in [0.3, 0.4) is 0 Å². The number of halogens is 4. The highest BCUT2D eigenvalue weighted by molar-refractivity contribution is 6.30. The van der Waals surface area contributed by atoms with E-state index in [0.717, 1.165) is 23.5 Å². The van der Waals surface area contributed by atoms with Gasteiger partial charge in [0.25, 0.3) is 0 Å². The summed E-state index contributed by atoms with van der Waals surface area (Å²) in [4.78, 5) is 21.0. The summed E-state index contributed by atoms with van der Waals surface area (Å²) in [5.74, 6) is -1.64. The molecule has 0 saturated carbocycles. The third-order valence-electron chi connectivity index (χ3n) is 4.76. The minimum absolute atomic E-state index is 0.141. The van der Waals surface area contributed by atoms with Crippen molar-refractivity contribution in [2.24, 2.45) is 5.92 Å². The maximum Gasteiger partial charge on any atom is 0.490 e. The zero-order chi connectivity index (χ0) is 25.4. The second kappa shape index (κ2) is 11.8. The summed E-state index contributed by atoms with van der Waals surface area (Å²) in [7, 11) is 0. The fourth-order valence-electron chi connectivity index (χ4n) is 3.03. The highest BCUT2D eigenvalue weighted by Gasteiger charge is 2.38. The van der Waals surface area contributed by atoms with Gasteiger partial charge in [0.2, 0.25) is 0 Å². The number of carboxylic acids is 1. The summed E-state index contributed by atoms with van der Waals surface area (Å²) < 4.78 is 49.2. The lowest BCUT2D eigenvalue weighted by Gasteiger charge is -2.22. The number of nitrogens with zero attached hydrogens (tertiary/aromatic N) is 2. The molecule has 2 aromatic carbocycles. The summed E-state index contributed by atoms with van der Waals surface area (Å²) in [6, 6.07) is 13.8. The van der Waals surface area contributed by atoms with Crippen molar-refractivity contribution >= 4 is 17.6 Å². The molecule has 0 amide bonds. The lowest BCUT2D eigenvalue weighted by atomic mass is 10.0. The largest absolute Gasteiger partial charge is 0.493 e. The second-order valence-electron chi connectivity index (χ2n) is 7.42. The SMILES string of the molecule is O=C(O)C(F)(F)F.O=c1oc(Oc2ccc(Cl)cc2)nn1-c1ccc(OCC2CCCNC2)cc1. The zero-order valence-corrected chi connectivity index (χ0v) is 18.9. The van der Waals surface area contributed by atoms with E-state index < -0.39 is 17.9 Å². The van der Waals surface area contributed by atoms with Crippen molar-refractivity contribution in [1.29, 1.82) is 0 Å². The van der Waals surface area contributed by atoms with E-state index in [-0.39, 0.29) is 6.08 Å². The molecule has 1 aromatic heterocycles. The number of aromatic nitrogens is 2. The molecule has 0 spiro atoms. The van der Waals surface area contributed by atoms with Crippen molar-refractivity contribution in [2.75, 3.05) is 19.7 Å². The van der Waals surface area contributed by atoms with Crippen molar-refractivity contribution < 1.29 is 37.0 Å². The van der Waals surface area contributed by atoms with Crippen molar-refractivity contribution in [3.05, 3.63) is 64.1 Å². The van der Waals surface area contributed by atoms with Crippen molar-refractivity contribution in [3.63, 3.8) is 0 Å². The molecule has 1 unspecified atom stereocenters. The fraction of sp³-hybridized carbons (Fsp3) is 0.318. The fourth-order valence-corrected chi connectivity index (χ4v) is 3.16. The molecule has 2 N–H and O–H groups in total. The molecule has 0 bridgehead atoms. The average molecular weight is 516 g/mol. The number of benzene rings is 2. The second-order valence-corrected chi connectivity index (χ2v) is 7.86. The van der Waals surface area contributed by atoms with Crippen LogP contribution in [0.4, 0.5) is 13.2 Å². The molecule has 1 atom stereocenters. The van der Waals surface area contributed by atoms with Crippen LogP contribution in [0.25, 0.3) is 5.69 Å². The summed E-state index contributed by atoms with van der Waals surface area (Å²) in [5, 5.41) is 15.2. The highest BCUT2D eigenvalue weighted by atomic mass is 35.5. The first-order chi connectivity index (χ1) is 16.6. The zero-order valence-electron chi connectivity index (χ0n) is 18.1. The van der Waals surface area contributed by atoms with Crippen molar-refractivity contribution in [3.8, 4) is 23.3 Å². The van der Waals surface area contributed by atoms with E-state index in [4.69, 9.17) is 35.4 Å². The Hall–Kier alpha value is -3.51. The Balaban J connectivity index is 0.000000429. The number of rotatable bonds is 6. The Morgan fingerprint density at radius 3 is 2.37 bits per heavy atom. The molecule has 1 aliphatic rings. The first kappa shape index (κ1) is 26.1. The molecule has 1 saturated heterocycles. The third kappa shape index (κ3) is 8.04. The molecule has 0 aliphatic carbocycles. The molecule has 1 aliphatic heterocycles. The Morgan fingerprint density at radius 2 is 1.80 bits per heavy atom. The molecule has 3 aromatic rings. The van der Waals surface area contributed by atoms with Gasteiger partial charge in [-0.05, 0) is 67.9 Å². The lowest BCUT2D eigenvalue weighted by molar-refractivity contribution is -0.192. The quantitative estimate of drug-likeness (QED) is 0.500. The van der Waals surface area contributed by atoms with Gasteiger partial charge in [-0.15, -0.1) is 0 Å². The first-order valence-corrected chi connectivity index (χ1v) is 10.8. The van der Waals surface area contributed by atoms with Crippen LogP contribution in [0, 0.1) is 5.92 Å². The normalized spacial score (nSPS) is 15.6. The Labute approximate surface area is 202 Å². The number of hydrogen-bond donors (Lipinski definition) is 2. The van der Waals surface area contributed by atoms with Gasteiger partial charge in [-0.25, -0.2) is 9.59 Å². The summed E-state index contributed by atoms with van der Waals surface area (Å²) in [6.07, 6.45) is -2.87. The minimum atomic E-state index is -5.08. The van der Waals surface area contributed by atoms with E-state index in [1.807, 2.05) is 12.1 Å². The highest BCUT2D eigenvalue weighted by Crippen LogP contribution is 2.22. The van der Waals surface area contributed by atoms with E-state index in [2.05, 4.69) is 10.4 Å². The molecule has 35 heavy (non-hydrogen) atoms. The minimum Gasteiger partial charge on any atom is -0.493 e. The van der Waals surface area contributed by atoms with Gasteiger partial charge in [0, 0.05) is 17.5 Å². The van der Waals surface area contributed by atoms with Crippen LogP contribution in [0.15, 0.2) is 57.7 Å². The topological polar surface area (TPSA) is 116 Å². The maximum absolute atomic E-state index is 12.1. The number of carbonyl (C=O) groups is 1. The van der Waals surface area contributed by atoms with Gasteiger partial charge >= 0.3 is 24.0 Å². The first-order valence-electron chi connectivity index (χ1n) is 10.4. The summed E-state index contributed by atoms with van der Waals surface area (Å²) in [5.41, 5.74) is 0.561. The number of alkyl halides is 3. The molecule has 4 rings (SSSR count). The van der Waals surface area contributed by atoms with Crippen molar-refractivity contribution in [1.82, 2.24) is 15.1 Å². The Bertz CT molecular complexity index is 1160. The maximum atomic E-state index is 12.1. The lowest BCUT2D eigenvalue weighted by Crippen LogP contribution is -2.33. The monoisotopic (exact) mass is 515 g/mol. The van der Waals surface area contributed by atoms with E-state index in [0.29, 0.717) is 29.0 Å². The third-order valence-corrected chi connectivity index (χ3v) is 5.01. The number of carboxylic acid groups (broad SMARTS) is 1. The molecule has 0 radical (unpaired) electrons. The molecule has 2 heterocycles. The molecule has 13 heteroatoms. The Morgan fingerprint density at radius 1 is 1.17 bits per heavy atom. The average Bonchev–Trinajstić information content (AvgIpc) is 3.20. The smallest absolute Gasteiger partial charge is 0.490 e. The van der Waals surface area contributed by atoms with Gasteiger partial charge < -0.3 is 24.3 Å². The van der Waals surface area contributed by atoms with Gasteiger partial charge in [-0.3, -0.25) is 0 Å². The van der Waals surface area contributed by atoms with Crippen LogP contribution in [0.1, 0.15) is 12.8 Å². The Kier molecular flexibility index (Phi) is 8.77. The van der Waals surface area contributed by atoms with Crippen LogP contribution in [0.5, 0.6) is 17.6 Å². The number of nitrogens with one attached hydrogen (secondary N) is 1. The van der Waals surface area contributed by atoms with Gasteiger partial charge in [-0.2, -0.15) is 17.9 Å². The summed E-state index contributed by atoms with van der Waals surface area (Å²) >= 11 is 5.84. The van der Waals surface area contributed by atoms with Crippen LogP contribution in [-0.2, 0) is 4.79 Å². The van der Waals surface area contributed by atoms with Gasteiger partial charge in [-0.1, -0.05) is 16.7 Å². The molecular formula is C22H21ClF3N3O6.